The summed E-state index contributed by atoms with van der Waals surface area (Å²) < 4.78 is 5.57. The molecule has 3 rings (SSSR count). The van der Waals surface area contributed by atoms with Crippen molar-refractivity contribution in [3.05, 3.63) is 58.2 Å². The molecule has 4 heteroatoms. The lowest BCUT2D eigenvalue weighted by Crippen LogP contribution is -2.27. The number of nitriles is 1. The molecule has 0 unspecified atom stereocenters. The van der Waals surface area contributed by atoms with Crippen molar-refractivity contribution in [3.8, 4) is 6.07 Å². The minimum atomic E-state index is -0.405. The maximum atomic E-state index is 12.4. The largest absolute Gasteiger partial charge is 0.444 e. The second-order valence-corrected chi connectivity index (χ2v) is 6.36. The number of hydrogen-bond acceptors (Lipinski definition) is 4. The van der Waals surface area contributed by atoms with Crippen molar-refractivity contribution in [2.75, 3.05) is 0 Å². The summed E-state index contributed by atoms with van der Waals surface area (Å²) in [7, 11) is 0. The number of nitrogens with zero attached hydrogens (tertiary/aromatic N) is 1. The molecule has 1 aliphatic heterocycles. The number of carbonyl (C=O) groups is 1. The molecule has 1 atom stereocenters. The van der Waals surface area contributed by atoms with E-state index < -0.39 is 5.92 Å². The van der Waals surface area contributed by atoms with Gasteiger partial charge in [0.05, 0.1) is 5.92 Å². The number of ketones is 1. The minimum Gasteiger partial charge on any atom is -0.444 e. The van der Waals surface area contributed by atoms with Crippen molar-refractivity contribution in [2.45, 2.75) is 44.9 Å². The first-order valence-corrected chi connectivity index (χ1v) is 7.96. The van der Waals surface area contributed by atoms with Crippen LogP contribution in [-0.2, 0) is 9.53 Å². The van der Waals surface area contributed by atoms with E-state index in [0.717, 1.165) is 12.0 Å². The second kappa shape index (κ2) is 5.92. The zero-order valence-electron chi connectivity index (χ0n) is 13.4. The minimum absolute atomic E-state index is 0.0597. The fraction of sp³-hybridized carbons (Fsp3) is 0.368. The summed E-state index contributed by atoms with van der Waals surface area (Å²) in [6, 6.07) is 10.2. The first kappa shape index (κ1) is 15.4. The van der Waals surface area contributed by atoms with E-state index in [0.29, 0.717) is 35.7 Å². The van der Waals surface area contributed by atoms with Crippen LogP contribution in [0.2, 0.25) is 0 Å². The van der Waals surface area contributed by atoms with E-state index >= 15 is 0 Å². The molecule has 0 amide bonds. The molecule has 0 bridgehead atoms. The summed E-state index contributed by atoms with van der Waals surface area (Å²) in [6.07, 6.45) is 1.97. The first-order chi connectivity index (χ1) is 11.0. The van der Waals surface area contributed by atoms with Crippen LogP contribution in [0.3, 0.4) is 0 Å². The molecular weight excluding hydrogens is 288 g/mol. The van der Waals surface area contributed by atoms with Gasteiger partial charge >= 0.3 is 0 Å². The van der Waals surface area contributed by atoms with Crippen LogP contribution in [0.25, 0.3) is 0 Å². The SMILES string of the molecule is CC(C)c1ccc([C@@H]2C(C#N)=C(N)OC3=C2C(=O)CCC3)cc1. The van der Waals surface area contributed by atoms with Crippen LogP contribution in [0.4, 0.5) is 0 Å². The summed E-state index contributed by atoms with van der Waals surface area (Å²) in [5.74, 6) is 0.845. The van der Waals surface area contributed by atoms with Crippen molar-refractivity contribution in [1.82, 2.24) is 0 Å². The number of hydrogen-bond donors (Lipinski definition) is 1. The van der Waals surface area contributed by atoms with Crippen molar-refractivity contribution in [2.24, 2.45) is 5.73 Å². The van der Waals surface area contributed by atoms with Gasteiger partial charge in [-0.2, -0.15) is 5.26 Å². The fourth-order valence-corrected chi connectivity index (χ4v) is 3.26. The smallest absolute Gasteiger partial charge is 0.205 e. The van der Waals surface area contributed by atoms with Gasteiger partial charge in [-0.15, -0.1) is 0 Å². The highest BCUT2D eigenvalue weighted by molar-refractivity contribution is 5.99. The van der Waals surface area contributed by atoms with Crippen LogP contribution in [0, 0.1) is 11.3 Å². The highest BCUT2D eigenvalue weighted by Gasteiger charge is 2.37. The Bertz CT molecular complexity index is 749. The van der Waals surface area contributed by atoms with Crippen molar-refractivity contribution in [3.63, 3.8) is 0 Å². The van der Waals surface area contributed by atoms with Crippen LogP contribution in [0.1, 0.15) is 56.1 Å². The summed E-state index contributed by atoms with van der Waals surface area (Å²) in [6.45, 7) is 4.26. The number of nitrogens with two attached hydrogens (primary N) is 1. The van der Waals surface area contributed by atoms with Crippen LogP contribution in [-0.4, -0.2) is 5.78 Å². The topological polar surface area (TPSA) is 76.1 Å². The number of benzene rings is 1. The number of carbonyl (C=O) groups excluding carboxylic acids is 1. The van der Waals surface area contributed by atoms with Crippen LogP contribution >= 0.6 is 0 Å². The zero-order chi connectivity index (χ0) is 16.6. The first-order valence-electron chi connectivity index (χ1n) is 7.96. The summed E-state index contributed by atoms with van der Waals surface area (Å²) in [5.41, 5.74) is 9.02. The summed E-state index contributed by atoms with van der Waals surface area (Å²) in [5, 5.41) is 9.51. The third-order valence-corrected chi connectivity index (χ3v) is 4.54. The van der Waals surface area contributed by atoms with Gasteiger partial charge < -0.3 is 10.5 Å². The van der Waals surface area contributed by atoms with Crippen LogP contribution in [0.15, 0.2) is 47.1 Å². The highest BCUT2D eigenvalue weighted by Crippen LogP contribution is 2.43. The van der Waals surface area contributed by atoms with E-state index in [1.165, 1.54) is 5.56 Å². The van der Waals surface area contributed by atoms with Gasteiger partial charge in [-0.05, 0) is 23.5 Å². The third-order valence-electron chi connectivity index (χ3n) is 4.54. The standard InChI is InChI=1S/C19H20N2O2/c1-11(2)12-6-8-13(9-7-12)17-14(10-20)19(21)23-16-5-3-4-15(22)18(16)17/h6-9,11,17H,3-5,21H2,1-2H3/t17-/m1/s1. The molecule has 0 saturated carbocycles. The quantitative estimate of drug-likeness (QED) is 0.905. The van der Waals surface area contributed by atoms with Gasteiger partial charge in [0.1, 0.15) is 17.4 Å². The fourth-order valence-electron chi connectivity index (χ4n) is 3.26. The molecule has 0 spiro atoms. The summed E-state index contributed by atoms with van der Waals surface area (Å²) >= 11 is 0. The Morgan fingerprint density at radius 3 is 2.57 bits per heavy atom. The Balaban J connectivity index is 2.11. The monoisotopic (exact) mass is 308 g/mol. The highest BCUT2D eigenvalue weighted by atomic mass is 16.5. The van der Waals surface area contributed by atoms with E-state index in [4.69, 9.17) is 10.5 Å². The average molecular weight is 308 g/mol. The van der Waals surface area contributed by atoms with Gasteiger partial charge in [0.25, 0.3) is 0 Å². The molecule has 0 fully saturated rings. The van der Waals surface area contributed by atoms with Gasteiger partial charge in [0, 0.05) is 18.4 Å². The molecule has 1 aliphatic carbocycles. The normalized spacial score (nSPS) is 21.1. The molecule has 118 valence electrons. The van der Waals surface area contributed by atoms with Crippen molar-refractivity contribution < 1.29 is 9.53 Å². The zero-order valence-corrected chi connectivity index (χ0v) is 13.4. The molecule has 1 aromatic carbocycles. The van der Waals surface area contributed by atoms with Crippen LogP contribution < -0.4 is 5.73 Å². The Morgan fingerprint density at radius 1 is 1.26 bits per heavy atom. The van der Waals surface area contributed by atoms with Gasteiger partial charge in [-0.3, -0.25) is 4.79 Å². The Hall–Kier alpha value is -2.54. The molecule has 2 N–H and O–H groups in total. The predicted octanol–water partition coefficient (Wildman–Crippen LogP) is 3.62. The predicted molar refractivity (Wildman–Crippen MR) is 87.1 cm³/mol. The van der Waals surface area contributed by atoms with Gasteiger partial charge in [-0.25, -0.2) is 0 Å². The average Bonchev–Trinajstić information content (AvgIpc) is 2.54. The van der Waals surface area contributed by atoms with Crippen molar-refractivity contribution >= 4 is 5.78 Å². The molecule has 4 nitrogen and oxygen atoms in total. The maximum Gasteiger partial charge on any atom is 0.205 e. The Kier molecular flexibility index (Phi) is 3.96. The lowest BCUT2D eigenvalue weighted by molar-refractivity contribution is -0.116. The molecule has 2 aliphatic rings. The molecule has 1 aromatic rings. The van der Waals surface area contributed by atoms with Crippen molar-refractivity contribution in [1.29, 1.82) is 5.26 Å². The molecule has 0 radical (unpaired) electrons. The number of ether oxygens (including phenoxy) is 1. The van der Waals surface area contributed by atoms with E-state index in [2.05, 4.69) is 19.9 Å². The molecule has 1 heterocycles. The molecule has 0 saturated heterocycles. The summed E-state index contributed by atoms with van der Waals surface area (Å²) in [4.78, 5) is 12.4. The van der Waals surface area contributed by atoms with E-state index in [1.54, 1.807) is 0 Å². The number of rotatable bonds is 2. The Morgan fingerprint density at radius 2 is 1.96 bits per heavy atom. The number of Topliss-reactive ketones (excluding diaryl/α,β-unsaturated/α-hetero) is 1. The van der Waals surface area contributed by atoms with Crippen LogP contribution in [0.5, 0.6) is 0 Å². The molecule has 0 aromatic heterocycles. The molecular formula is C19H20N2O2. The maximum absolute atomic E-state index is 12.4. The van der Waals surface area contributed by atoms with Gasteiger partial charge in [-0.1, -0.05) is 38.1 Å². The van der Waals surface area contributed by atoms with E-state index in [9.17, 15) is 10.1 Å². The Labute approximate surface area is 136 Å². The lowest BCUT2D eigenvalue weighted by Gasteiger charge is -2.31. The number of allylic oxidation sites excluding steroid dienone is 3. The van der Waals surface area contributed by atoms with E-state index in [-0.39, 0.29) is 11.7 Å². The second-order valence-electron chi connectivity index (χ2n) is 6.36. The molecule has 23 heavy (non-hydrogen) atoms. The lowest BCUT2D eigenvalue weighted by atomic mass is 9.77. The third kappa shape index (κ3) is 2.63. The van der Waals surface area contributed by atoms with Gasteiger partial charge in [0.2, 0.25) is 5.88 Å². The van der Waals surface area contributed by atoms with E-state index in [1.807, 2.05) is 24.3 Å². The van der Waals surface area contributed by atoms with Gasteiger partial charge in [0.15, 0.2) is 5.78 Å².